The van der Waals surface area contributed by atoms with E-state index in [1.54, 1.807) is 21.0 Å². The predicted octanol–water partition coefficient (Wildman–Crippen LogP) is 1.73. The van der Waals surface area contributed by atoms with Gasteiger partial charge in [-0.3, -0.25) is 0 Å². The second-order valence-corrected chi connectivity index (χ2v) is 2.93. The Morgan fingerprint density at radius 2 is 2.18 bits per heavy atom. The molecule has 0 saturated carbocycles. The van der Waals surface area contributed by atoms with E-state index in [4.69, 9.17) is 13.8 Å². The SMILES string of the molecule is CCO[P+](=O)OC(C)COC. The zero-order valence-corrected chi connectivity index (χ0v) is 7.97. The molecular formula is C6H14O4P+. The van der Waals surface area contributed by atoms with E-state index in [0.29, 0.717) is 13.2 Å². The molecular weight excluding hydrogens is 167 g/mol. The Hall–Kier alpha value is -0.0200. The topological polar surface area (TPSA) is 44.8 Å². The van der Waals surface area contributed by atoms with E-state index in [0.717, 1.165) is 0 Å². The molecule has 0 aromatic heterocycles. The van der Waals surface area contributed by atoms with Gasteiger partial charge >= 0.3 is 8.25 Å². The highest BCUT2D eigenvalue weighted by Crippen LogP contribution is 2.25. The van der Waals surface area contributed by atoms with E-state index in [-0.39, 0.29) is 6.10 Å². The molecule has 0 amide bonds. The van der Waals surface area contributed by atoms with Gasteiger partial charge in [-0.15, -0.1) is 9.05 Å². The molecule has 2 unspecified atom stereocenters. The number of ether oxygens (including phenoxy) is 1. The lowest BCUT2D eigenvalue weighted by molar-refractivity contribution is 0.0836. The Kier molecular flexibility index (Phi) is 6.66. The molecule has 0 spiro atoms. The second-order valence-electron chi connectivity index (χ2n) is 2.01. The third kappa shape index (κ3) is 6.38. The van der Waals surface area contributed by atoms with Crippen LogP contribution in [0.15, 0.2) is 0 Å². The van der Waals surface area contributed by atoms with E-state index in [1.807, 2.05) is 0 Å². The monoisotopic (exact) mass is 181 g/mol. The Morgan fingerprint density at radius 3 is 2.64 bits per heavy atom. The molecule has 4 nitrogen and oxygen atoms in total. The third-order valence-electron chi connectivity index (χ3n) is 0.902. The highest BCUT2D eigenvalue weighted by atomic mass is 31.1. The maximum Gasteiger partial charge on any atom is 0.697 e. The van der Waals surface area contributed by atoms with E-state index in [9.17, 15) is 4.57 Å². The van der Waals surface area contributed by atoms with Crippen LogP contribution in [0.3, 0.4) is 0 Å². The van der Waals surface area contributed by atoms with Gasteiger partial charge in [-0.05, 0) is 13.8 Å². The smallest absolute Gasteiger partial charge is 0.382 e. The maximum atomic E-state index is 10.8. The Bertz CT molecular complexity index is 117. The molecule has 2 atom stereocenters. The van der Waals surface area contributed by atoms with Crippen LogP contribution < -0.4 is 0 Å². The summed E-state index contributed by atoms with van der Waals surface area (Å²) in [7, 11) is -0.399. The van der Waals surface area contributed by atoms with Crippen molar-refractivity contribution in [3.8, 4) is 0 Å². The largest absolute Gasteiger partial charge is 0.697 e. The summed E-state index contributed by atoms with van der Waals surface area (Å²) in [6.45, 7) is 4.36. The van der Waals surface area contributed by atoms with Crippen molar-refractivity contribution in [2.75, 3.05) is 20.3 Å². The van der Waals surface area contributed by atoms with Crippen molar-refractivity contribution in [3.63, 3.8) is 0 Å². The molecule has 66 valence electrons. The lowest BCUT2D eigenvalue weighted by Gasteiger charge is -2.00. The summed E-state index contributed by atoms with van der Waals surface area (Å²) in [5.41, 5.74) is 0. The molecule has 0 saturated heterocycles. The van der Waals surface area contributed by atoms with E-state index in [1.165, 1.54) is 0 Å². The van der Waals surface area contributed by atoms with Crippen molar-refractivity contribution in [2.45, 2.75) is 20.0 Å². The summed E-state index contributed by atoms with van der Waals surface area (Å²) in [6.07, 6.45) is -0.185. The van der Waals surface area contributed by atoms with Crippen LogP contribution in [0.2, 0.25) is 0 Å². The fourth-order valence-corrected chi connectivity index (χ4v) is 1.17. The summed E-state index contributed by atoms with van der Waals surface area (Å²) < 4.78 is 25.1. The summed E-state index contributed by atoms with van der Waals surface area (Å²) >= 11 is 0. The number of rotatable bonds is 6. The van der Waals surface area contributed by atoms with Crippen LogP contribution in [-0.4, -0.2) is 26.4 Å². The molecule has 0 N–H and O–H groups in total. The first-order valence-electron chi connectivity index (χ1n) is 3.46. The predicted molar refractivity (Wildman–Crippen MR) is 41.7 cm³/mol. The normalized spacial score (nSPS) is 14.6. The van der Waals surface area contributed by atoms with Gasteiger partial charge < -0.3 is 4.74 Å². The van der Waals surface area contributed by atoms with Crippen molar-refractivity contribution in [3.05, 3.63) is 0 Å². The van der Waals surface area contributed by atoms with Gasteiger partial charge in [0.05, 0.1) is 6.61 Å². The minimum Gasteiger partial charge on any atom is -0.382 e. The molecule has 5 heteroatoms. The van der Waals surface area contributed by atoms with Crippen LogP contribution >= 0.6 is 8.25 Å². The highest BCUT2D eigenvalue weighted by molar-refractivity contribution is 7.33. The molecule has 0 aliphatic heterocycles. The van der Waals surface area contributed by atoms with Crippen LogP contribution in [0.4, 0.5) is 0 Å². The molecule has 0 heterocycles. The van der Waals surface area contributed by atoms with Crippen LogP contribution in [0.1, 0.15) is 13.8 Å². The quantitative estimate of drug-likeness (QED) is 0.585. The molecule has 11 heavy (non-hydrogen) atoms. The average Bonchev–Trinajstić information content (AvgIpc) is 1.87. The fourth-order valence-electron chi connectivity index (χ4n) is 0.548. The molecule has 0 bridgehead atoms. The first-order chi connectivity index (χ1) is 5.20. The summed E-state index contributed by atoms with van der Waals surface area (Å²) in [5.74, 6) is 0. The van der Waals surface area contributed by atoms with Gasteiger partial charge in [0.2, 0.25) is 0 Å². The van der Waals surface area contributed by atoms with Crippen molar-refractivity contribution >= 4 is 8.25 Å². The fraction of sp³-hybridized carbons (Fsp3) is 1.00. The zero-order chi connectivity index (χ0) is 8.69. The van der Waals surface area contributed by atoms with Gasteiger partial charge in [0.25, 0.3) is 0 Å². The Morgan fingerprint density at radius 1 is 1.55 bits per heavy atom. The van der Waals surface area contributed by atoms with Gasteiger partial charge in [0.1, 0.15) is 12.7 Å². The first kappa shape index (κ1) is 11.0. The first-order valence-corrected chi connectivity index (χ1v) is 4.56. The lowest BCUT2D eigenvalue weighted by atomic mass is 10.5. The lowest BCUT2D eigenvalue weighted by Crippen LogP contribution is -2.11. The van der Waals surface area contributed by atoms with Crippen molar-refractivity contribution in [1.82, 2.24) is 0 Å². The number of hydrogen-bond donors (Lipinski definition) is 0. The van der Waals surface area contributed by atoms with E-state index in [2.05, 4.69) is 0 Å². The molecule has 0 rings (SSSR count). The third-order valence-corrected chi connectivity index (χ3v) is 1.90. The molecule has 0 aromatic carbocycles. The number of methoxy groups -OCH3 is 1. The molecule has 0 aliphatic carbocycles. The Labute approximate surface area is 67.8 Å². The number of hydrogen-bond acceptors (Lipinski definition) is 4. The summed E-state index contributed by atoms with van der Waals surface area (Å²) in [5, 5.41) is 0. The van der Waals surface area contributed by atoms with Crippen molar-refractivity contribution in [2.24, 2.45) is 0 Å². The molecule has 0 fully saturated rings. The van der Waals surface area contributed by atoms with Crippen LogP contribution in [-0.2, 0) is 18.3 Å². The minimum absolute atomic E-state index is 0.185. The standard InChI is InChI=1S/C6H14O4P/c1-4-9-11(7)10-6(2)5-8-3/h6H,4-5H2,1-3H3/q+1. The minimum atomic E-state index is -1.96. The summed E-state index contributed by atoms with van der Waals surface area (Å²) in [6, 6.07) is 0. The van der Waals surface area contributed by atoms with E-state index >= 15 is 0 Å². The average molecular weight is 181 g/mol. The van der Waals surface area contributed by atoms with Crippen LogP contribution in [0, 0.1) is 0 Å². The second kappa shape index (κ2) is 6.68. The highest BCUT2D eigenvalue weighted by Gasteiger charge is 2.23. The zero-order valence-electron chi connectivity index (χ0n) is 7.07. The summed E-state index contributed by atoms with van der Waals surface area (Å²) in [4.78, 5) is 0. The maximum absolute atomic E-state index is 10.8. The Balaban J connectivity index is 3.40. The molecule has 0 radical (unpaired) electrons. The van der Waals surface area contributed by atoms with Crippen LogP contribution in [0.25, 0.3) is 0 Å². The van der Waals surface area contributed by atoms with E-state index < -0.39 is 8.25 Å². The molecule has 0 aliphatic rings. The van der Waals surface area contributed by atoms with Gasteiger partial charge in [0, 0.05) is 11.7 Å². The van der Waals surface area contributed by atoms with Gasteiger partial charge in [-0.25, -0.2) is 0 Å². The van der Waals surface area contributed by atoms with Gasteiger partial charge in [-0.2, -0.15) is 0 Å². The molecule has 0 aromatic rings. The van der Waals surface area contributed by atoms with Gasteiger partial charge in [0.15, 0.2) is 0 Å². The van der Waals surface area contributed by atoms with Gasteiger partial charge in [-0.1, -0.05) is 0 Å². The van der Waals surface area contributed by atoms with Crippen molar-refractivity contribution in [1.29, 1.82) is 0 Å². The van der Waals surface area contributed by atoms with Crippen molar-refractivity contribution < 1.29 is 18.3 Å². The van der Waals surface area contributed by atoms with Crippen LogP contribution in [0.5, 0.6) is 0 Å².